The molecule has 0 aliphatic rings. The molecule has 2 nitrogen and oxygen atoms in total. The predicted octanol–water partition coefficient (Wildman–Crippen LogP) is 4.17. The highest BCUT2D eigenvalue weighted by atomic mass is 35.5. The molecule has 0 aliphatic heterocycles. The van der Waals surface area contributed by atoms with Gasteiger partial charge in [0.2, 0.25) is 0 Å². The second kappa shape index (κ2) is 8.40. The van der Waals surface area contributed by atoms with E-state index in [1.807, 2.05) is 12.1 Å². The highest BCUT2D eigenvalue weighted by Gasteiger charge is 1.97. The van der Waals surface area contributed by atoms with E-state index in [2.05, 4.69) is 11.9 Å². The minimum atomic E-state index is 0.438. The number of ether oxygens (including phenoxy) is 1. The Morgan fingerprint density at radius 3 is 2.81 bits per heavy atom. The molecule has 0 bridgehead atoms. The van der Waals surface area contributed by atoms with Crippen LogP contribution in [0, 0.1) is 0 Å². The van der Waals surface area contributed by atoms with Crippen molar-refractivity contribution in [3.05, 3.63) is 24.0 Å². The third kappa shape index (κ3) is 5.36. The summed E-state index contributed by atoms with van der Waals surface area (Å²) in [6.45, 7) is 3.01. The largest absolute Gasteiger partial charge is 0.493 e. The van der Waals surface area contributed by atoms with Crippen LogP contribution in [0.25, 0.3) is 0 Å². The van der Waals surface area contributed by atoms with Crippen LogP contribution < -0.4 is 4.74 Å². The third-order valence-corrected chi connectivity index (χ3v) is 2.72. The molecule has 1 rings (SSSR count). The Morgan fingerprint density at radius 1 is 1.25 bits per heavy atom. The SMILES string of the molecule is CCCCCCCOc1ccnc(CCl)c1. The topological polar surface area (TPSA) is 22.1 Å². The summed E-state index contributed by atoms with van der Waals surface area (Å²) in [5.41, 5.74) is 0.866. The summed E-state index contributed by atoms with van der Waals surface area (Å²) >= 11 is 5.70. The Labute approximate surface area is 103 Å². The van der Waals surface area contributed by atoms with Crippen molar-refractivity contribution in [3.63, 3.8) is 0 Å². The molecule has 0 N–H and O–H groups in total. The highest BCUT2D eigenvalue weighted by molar-refractivity contribution is 6.16. The highest BCUT2D eigenvalue weighted by Crippen LogP contribution is 2.13. The standard InChI is InChI=1S/C13H20ClNO/c1-2-3-4-5-6-9-16-13-7-8-15-12(10-13)11-14/h7-8,10H,2-6,9,11H2,1H3. The first-order valence-corrected chi connectivity index (χ1v) is 6.54. The predicted molar refractivity (Wildman–Crippen MR) is 68.0 cm³/mol. The van der Waals surface area contributed by atoms with Crippen molar-refractivity contribution in [2.75, 3.05) is 6.61 Å². The van der Waals surface area contributed by atoms with Gasteiger partial charge in [0.05, 0.1) is 18.2 Å². The van der Waals surface area contributed by atoms with E-state index >= 15 is 0 Å². The molecule has 0 amide bonds. The Balaban J connectivity index is 2.16. The Bertz CT molecular complexity index is 291. The van der Waals surface area contributed by atoms with Crippen LogP contribution in [0.1, 0.15) is 44.7 Å². The summed E-state index contributed by atoms with van der Waals surface area (Å²) < 4.78 is 5.63. The van der Waals surface area contributed by atoms with Crippen molar-refractivity contribution >= 4 is 11.6 Å². The molecular formula is C13H20ClNO. The van der Waals surface area contributed by atoms with Gasteiger partial charge in [0.25, 0.3) is 0 Å². The van der Waals surface area contributed by atoms with E-state index in [1.165, 1.54) is 25.7 Å². The van der Waals surface area contributed by atoms with Crippen LogP contribution in [0.3, 0.4) is 0 Å². The maximum absolute atomic E-state index is 5.70. The molecule has 0 atom stereocenters. The lowest BCUT2D eigenvalue weighted by Gasteiger charge is -2.06. The molecule has 0 saturated heterocycles. The average Bonchev–Trinajstić information content (AvgIpc) is 2.34. The molecule has 0 radical (unpaired) electrons. The lowest BCUT2D eigenvalue weighted by molar-refractivity contribution is 0.304. The molecule has 3 heteroatoms. The van der Waals surface area contributed by atoms with Crippen LogP contribution in [-0.2, 0) is 5.88 Å². The van der Waals surface area contributed by atoms with Gasteiger partial charge in [-0.25, -0.2) is 0 Å². The Kier molecular flexibility index (Phi) is 6.98. The zero-order valence-electron chi connectivity index (χ0n) is 9.92. The fraction of sp³-hybridized carbons (Fsp3) is 0.615. The molecule has 0 aliphatic carbocycles. The van der Waals surface area contributed by atoms with Crippen molar-refractivity contribution in [2.24, 2.45) is 0 Å². The van der Waals surface area contributed by atoms with Crippen molar-refractivity contribution in [1.82, 2.24) is 4.98 Å². The number of rotatable bonds is 8. The molecule has 0 saturated carbocycles. The van der Waals surface area contributed by atoms with Gasteiger partial charge in [-0.1, -0.05) is 32.6 Å². The van der Waals surface area contributed by atoms with Crippen LogP contribution in [0.4, 0.5) is 0 Å². The maximum atomic E-state index is 5.70. The van der Waals surface area contributed by atoms with Gasteiger partial charge in [-0.05, 0) is 12.5 Å². The number of halogens is 1. The van der Waals surface area contributed by atoms with Crippen LogP contribution >= 0.6 is 11.6 Å². The Morgan fingerprint density at radius 2 is 2.06 bits per heavy atom. The molecule has 0 spiro atoms. The summed E-state index contributed by atoms with van der Waals surface area (Å²) in [5, 5.41) is 0. The molecule has 1 heterocycles. The van der Waals surface area contributed by atoms with Crippen LogP contribution in [0.15, 0.2) is 18.3 Å². The van der Waals surface area contributed by atoms with Gasteiger partial charge in [0.15, 0.2) is 0 Å². The smallest absolute Gasteiger partial charge is 0.122 e. The summed E-state index contributed by atoms with van der Waals surface area (Å²) in [7, 11) is 0. The molecule has 0 fully saturated rings. The first-order valence-electron chi connectivity index (χ1n) is 6.00. The van der Waals surface area contributed by atoms with Crippen molar-refractivity contribution in [1.29, 1.82) is 0 Å². The monoisotopic (exact) mass is 241 g/mol. The lowest BCUT2D eigenvalue weighted by Crippen LogP contribution is -1.98. The van der Waals surface area contributed by atoms with E-state index in [-0.39, 0.29) is 0 Å². The molecule has 0 unspecified atom stereocenters. The van der Waals surface area contributed by atoms with Gasteiger partial charge in [-0.2, -0.15) is 0 Å². The quantitative estimate of drug-likeness (QED) is 0.503. The van der Waals surface area contributed by atoms with E-state index < -0.39 is 0 Å². The van der Waals surface area contributed by atoms with Crippen molar-refractivity contribution in [3.8, 4) is 5.75 Å². The molecule has 1 aromatic heterocycles. The molecular weight excluding hydrogens is 222 g/mol. The van der Waals surface area contributed by atoms with Gasteiger partial charge >= 0.3 is 0 Å². The first kappa shape index (κ1) is 13.3. The van der Waals surface area contributed by atoms with Crippen LogP contribution in [-0.4, -0.2) is 11.6 Å². The summed E-state index contributed by atoms with van der Waals surface area (Å²) in [6, 6.07) is 3.78. The van der Waals surface area contributed by atoms with E-state index in [9.17, 15) is 0 Å². The number of hydrogen-bond donors (Lipinski definition) is 0. The number of pyridine rings is 1. The maximum Gasteiger partial charge on any atom is 0.122 e. The minimum Gasteiger partial charge on any atom is -0.493 e. The molecule has 16 heavy (non-hydrogen) atoms. The van der Waals surface area contributed by atoms with Crippen LogP contribution in [0.5, 0.6) is 5.75 Å². The zero-order chi connectivity index (χ0) is 11.6. The zero-order valence-corrected chi connectivity index (χ0v) is 10.7. The summed E-state index contributed by atoms with van der Waals surface area (Å²) in [5.74, 6) is 1.31. The van der Waals surface area contributed by atoms with Gasteiger partial charge in [-0.3, -0.25) is 4.98 Å². The van der Waals surface area contributed by atoms with E-state index in [1.54, 1.807) is 6.20 Å². The molecule has 0 aromatic carbocycles. The number of nitrogens with zero attached hydrogens (tertiary/aromatic N) is 1. The van der Waals surface area contributed by atoms with Gasteiger partial charge < -0.3 is 4.74 Å². The van der Waals surface area contributed by atoms with Gasteiger partial charge in [0, 0.05) is 12.3 Å². The average molecular weight is 242 g/mol. The van der Waals surface area contributed by atoms with Gasteiger partial charge in [0.1, 0.15) is 5.75 Å². The van der Waals surface area contributed by atoms with Crippen molar-refractivity contribution in [2.45, 2.75) is 44.9 Å². The second-order valence-corrected chi connectivity index (χ2v) is 4.15. The molecule has 90 valence electrons. The number of alkyl halides is 1. The van der Waals surface area contributed by atoms with E-state index in [0.717, 1.165) is 24.5 Å². The van der Waals surface area contributed by atoms with E-state index in [4.69, 9.17) is 16.3 Å². The van der Waals surface area contributed by atoms with Crippen molar-refractivity contribution < 1.29 is 4.74 Å². The summed E-state index contributed by atoms with van der Waals surface area (Å²) in [4.78, 5) is 4.11. The normalized spacial score (nSPS) is 10.4. The summed E-state index contributed by atoms with van der Waals surface area (Å²) in [6.07, 6.45) is 8.03. The number of unbranched alkanes of at least 4 members (excludes halogenated alkanes) is 4. The fourth-order valence-electron chi connectivity index (χ4n) is 1.51. The fourth-order valence-corrected chi connectivity index (χ4v) is 1.66. The number of hydrogen-bond acceptors (Lipinski definition) is 2. The minimum absolute atomic E-state index is 0.438. The van der Waals surface area contributed by atoms with E-state index in [0.29, 0.717) is 5.88 Å². The van der Waals surface area contributed by atoms with Crippen LogP contribution in [0.2, 0.25) is 0 Å². The second-order valence-electron chi connectivity index (χ2n) is 3.88. The number of aromatic nitrogens is 1. The first-order chi connectivity index (χ1) is 7.86. The Hall–Kier alpha value is -0.760. The third-order valence-electron chi connectivity index (χ3n) is 2.44. The molecule has 1 aromatic rings. The van der Waals surface area contributed by atoms with Gasteiger partial charge in [-0.15, -0.1) is 11.6 Å². The lowest BCUT2D eigenvalue weighted by atomic mass is 10.2.